The summed E-state index contributed by atoms with van der Waals surface area (Å²) < 4.78 is 10.5. The Labute approximate surface area is 153 Å². The monoisotopic (exact) mass is 350 g/mol. The minimum Gasteiger partial charge on any atom is -0.497 e. The Kier molecular flexibility index (Phi) is 5.27. The van der Waals surface area contributed by atoms with Crippen LogP contribution < -0.4 is 19.7 Å². The number of carbonyl (C=O) groups is 1. The number of amides is 1. The summed E-state index contributed by atoms with van der Waals surface area (Å²) in [6, 6.07) is 19.6. The number of methoxy groups -OCH3 is 2. The lowest BCUT2D eigenvalue weighted by Crippen LogP contribution is -2.30. The molecular weight excluding hydrogens is 328 g/mol. The van der Waals surface area contributed by atoms with E-state index in [2.05, 4.69) is 29.6 Å². The Bertz CT molecular complexity index is 924. The maximum Gasteiger partial charge on any atom is 0.243 e. The van der Waals surface area contributed by atoms with Crippen molar-refractivity contribution in [2.75, 3.05) is 38.0 Å². The van der Waals surface area contributed by atoms with Crippen molar-refractivity contribution in [1.82, 2.24) is 0 Å². The van der Waals surface area contributed by atoms with Crippen molar-refractivity contribution in [3.63, 3.8) is 0 Å². The van der Waals surface area contributed by atoms with Gasteiger partial charge in [-0.05, 0) is 35.0 Å². The standard InChI is InChI=1S/C21H22N2O3/c1-23(17-9-8-15-6-4-5-7-16(15)12-17)14-21(24)22-19-13-18(25-2)10-11-20(19)26-3/h4-13H,14H2,1-3H3,(H,22,24). The molecule has 1 N–H and O–H groups in total. The van der Waals surface area contributed by atoms with Crippen molar-refractivity contribution < 1.29 is 14.3 Å². The number of likely N-dealkylation sites (N-methyl/N-ethyl adjacent to an activating group) is 1. The average Bonchev–Trinajstić information content (AvgIpc) is 2.67. The van der Waals surface area contributed by atoms with Gasteiger partial charge in [-0.25, -0.2) is 0 Å². The number of nitrogens with one attached hydrogen (secondary N) is 1. The smallest absolute Gasteiger partial charge is 0.243 e. The van der Waals surface area contributed by atoms with Gasteiger partial charge in [0.2, 0.25) is 5.91 Å². The fourth-order valence-corrected chi connectivity index (χ4v) is 2.82. The number of ether oxygens (including phenoxy) is 2. The zero-order valence-electron chi connectivity index (χ0n) is 15.2. The lowest BCUT2D eigenvalue weighted by molar-refractivity contribution is -0.114. The average molecular weight is 350 g/mol. The second kappa shape index (κ2) is 7.78. The molecule has 0 aliphatic carbocycles. The number of hydrogen-bond donors (Lipinski definition) is 1. The topological polar surface area (TPSA) is 50.8 Å². The van der Waals surface area contributed by atoms with Crippen LogP contribution in [0.15, 0.2) is 60.7 Å². The molecular formula is C21H22N2O3. The van der Waals surface area contributed by atoms with Crippen LogP contribution in [-0.4, -0.2) is 33.7 Å². The van der Waals surface area contributed by atoms with Crippen molar-refractivity contribution in [3.05, 3.63) is 60.7 Å². The highest BCUT2D eigenvalue weighted by Gasteiger charge is 2.12. The van der Waals surface area contributed by atoms with Crippen LogP contribution in [0.5, 0.6) is 11.5 Å². The molecule has 0 aliphatic rings. The number of nitrogens with zero attached hydrogens (tertiary/aromatic N) is 1. The molecule has 5 nitrogen and oxygen atoms in total. The van der Waals surface area contributed by atoms with Gasteiger partial charge in [0.15, 0.2) is 0 Å². The molecule has 3 aromatic rings. The summed E-state index contributed by atoms with van der Waals surface area (Å²) >= 11 is 0. The molecule has 0 aromatic heterocycles. The number of carbonyl (C=O) groups excluding carboxylic acids is 1. The van der Waals surface area contributed by atoms with E-state index >= 15 is 0 Å². The van der Waals surface area contributed by atoms with Gasteiger partial charge in [0.05, 0.1) is 26.5 Å². The van der Waals surface area contributed by atoms with E-state index < -0.39 is 0 Å². The van der Waals surface area contributed by atoms with Gasteiger partial charge in [-0.2, -0.15) is 0 Å². The van der Waals surface area contributed by atoms with Crippen LogP contribution in [0, 0.1) is 0 Å². The normalized spacial score (nSPS) is 10.4. The molecule has 0 spiro atoms. The van der Waals surface area contributed by atoms with E-state index in [0.29, 0.717) is 17.2 Å². The van der Waals surface area contributed by atoms with Gasteiger partial charge < -0.3 is 19.7 Å². The summed E-state index contributed by atoms with van der Waals surface area (Å²) in [5.74, 6) is 1.11. The molecule has 3 aromatic carbocycles. The van der Waals surface area contributed by atoms with Crippen molar-refractivity contribution in [1.29, 1.82) is 0 Å². The molecule has 0 aliphatic heterocycles. The predicted octanol–water partition coefficient (Wildman–Crippen LogP) is 3.93. The van der Waals surface area contributed by atoms with Crippen molar-refractivity contribution >= 4 is 28.1 Å². The van der Waals surface area contributed by atoms with E-state index in [1.807, 2.05) is 30.1 Å². The van der Waals surface area contributed by atoms with Crippen molar-refractivity contribution in [2.45, 2.75) is 0 Å². The van der Waals surface area contributed by atoms with Gasteiger partial charge in [0.1, 0.15) is 11.5 Å². The van der Waals surface area contributed by atoms with Crippen LogP contribution in [0.4, 0.5) is 11.4 Å². The van der Waals surface area contributed by atoms with Crippen LogP contribution >= 0.6 is 0 Å². The molecule has 26 heavy (non-hydrogen) atoms. The van der Waals surface area contributed by atoms with Crippen molar-refractivity contribution in [3.8, 4) is 11.5 Å². The third-order valence-electron chi connectivity index (χ3n) is 4.24. The Balaban J connectivity index is 1.72. The number of rotatable bonds is 6. The minimum atomic E-state index is -0.132. The molecule has 0 atom stereocenters. The zero-order valence-corrected chi connectivity index (χ0v) is 15.2. The van der Waals surface area contributed by atoms with Gasteiger partial charge in [-0.1, -0.05) is 30.3 Å². The molecule has 3 rings (SSSR count). The minimum absolute atomic E-state index is 0.132. The Morgan fingerprint density at radius 1 is 0.962 bits per heavy atom. The van der Waals surface area contributed by atoms with Crippen LogP contribution in [0.1, 0.15) is 0 Å². The van der Waals surface area contributed by atoms with E-state index in [1.165, 1.54) is 5.39 Å². The maximum atomic E-state index is 12.5. The van der Waals surface area contributed by atoms with Crippen molar-refractivity contribution in [2.24, 2.45) is 0 Å². The highest BCUT2D eigenvalue weighted by Crippen LogP contribution is 2.29. The Morgan fingerprint density at radius 2 is 1.73 bits per heavy atom. The Morgan fingerprint density at radius 3 is 2.46 bits per heavy atom. The first kappa shape index (κ1) is 17.6. The van der Waals surface area contributed by atoms with E-state index in [1.54, 1.807) is 32.4 Å². The highest BCUT2D eigenvalue weighted by molar-refractivity contribution is 5.96. The van der Waals surface area contributed by atoms with Gasteiger partial charge in [0, 0.05) is 18.8 Å². The second-order valence-electron chi connectivity index (χ2n) is 6.00. The second-order valence-corrected chi connectivity index (χ2v) is 6.00. The fraction of sp³-hybridized carbons (Fsp3) is 0.190. The first-order valence-corrected chi connectivity index (χ1v) is 8.32. The largest absolute Gasteiger partial charge is 0.497 e. The van der Waals surface area contributed by atoms with Crippen LogP contribution in [0.3, 0.4) is 0 Å². The first-order valence-electron chi connectivity index (χ1n) is 8.32. The fourth-order valence-electron chi connectivity index (χ4n) is 2.82. The molecule has 0 bridgehead atoms. The van der Waals surface area contributed by atoms with E-state index in [-0.39, 0.29) is 12.5 Å². The first-order chi connectivity index (χ1) is 12.6. The van der Waals surface area contributed by atoms with E-state index in [0.717, 1.165) is 11.1 Å². The number of anilines is 2. The molecule has 0 saturated carbocycles. The third kappa shape index (κ3) is 3.88. The summed E-state index contributed by atoms with van der Waals surface area (Å²) in [5, 5.41) is 5.21. The number of hydrogen-bond acceptors (Lipinski definition) is 4. The molecule has 0 saturated heterocycles. The van der Waals surface area contributed by atoms with Crippen LogP contribution in [0.25, 0.3) is 10.8 Å². The molecule has 0 unspecified atom stereocenters. The summed E-state index contributed by atoms with van der Waals surface area (Å²) in [4.78, 5) is 14.4. The highest BCUT2D eigenvalue weighted by atomic mass is 16.5. The molecule has 134 valence electrons. The summed E-state index contributed by atoms with van der Waals surface area (Å²) in [7, 11) is 5.05. The van der Waals surface area contributed by atoms with E-state index in [4.69, 9.17) is 9.47 Å². The van der Waals surface area contributed by atoms with Gasteiger partial charge in [-0.15, -0.1) is 0 Å². The summed E-state index contributed by atoms with van der Waals surface area (Å²) in [6.07, 6.45) is 0. The number of benzene rings is 3. The Hall–Kier alpha value is -3.21. The zero-order chi connectivity index (χ0) is 18.5. The molecule has 0 heterocycles. The van der Waals surface area contributed by atoms with Crippen LogP contribution in [-0.2, 0) is 4.79 Å². The van der Waals surface area contributed by atoms with E-state index in [9.17, 15) is 4.79 Å². The molecule has 0 fully saturated rings. The molecule has 1 amide bonds. The van der Waals surface area contributed by atoms with Gasteiger partial charge >= 0.3 is 0 Å². The summed E-state index contributed by atoms with van der Waals surface area (Å²) in [5.41, 5.74) is 1.57. The van der Waals surface area contributed by atoms with Crippen LogP contribution in [0.2, 0.25) is 0 Å². The van der Waals surface area contributed by atoms with Gasteiger partial charge in [0.25, 0.3) is 0 Å². The molecule has 5 heteroatoms. The quantitative estimate of drug-likeness (QED) is 0.732. The summed E-state index contributed by atoms with van der Waals surface area (Å²) in [6.45, 7) is 0.221. The van der Waals surface area contributed by atoms with Gasteiger partial charge in [-0.3, -0.25) is 4.79 Å². The lowest BCUT2D eigenvalue weighted by Gasteiger charge is -2.20. The SMILES string of the molecule is COc1ccc(OC)c(NC(=O)CN(C)c2ccc3ccccc3c2)c1. The maximum absolute atomic E-state index is 12.5. The third-order valence-corrected chi connectivity index (χ3v) is 4.24. The molecule has 0 radical (unpaired) electrons. The predicted molar refractivity (Wildman–Crippen MR) is 105 cm³/mol. The number of fused-ring (bicyclic) bond motifs is 1. The lowest BCUT2D eigenvalue weighted by atomic mass is 10.1.